The molecule has 0 atom stereocenters. The second-order valence-corrected chi connectivity index (χ2v) is 8.24. The van der Waals surface area contributed by atoms with Gasteiger partial charge in [0.15, 0.2) is 0 Å². The Morgan fingerprint density at radius 3 is 2.24 bits per heavy atom. The van der Waals surface area contributed by atoms with Crippen LogP contribution in [0.2, 0.25) is 0 Å². The number of anilines is 1. The topological polar surface area (TPSA) is 102 Å². The minimum Gasteiger partial charge on any atom is -0.356 e. The predicted octanol–water partition coefficient (Wildman–Crippen LogP) is 2.26. The number of non-ortho nitro benzene ring substituents is 1. The van der Waals surface area contributed by atoms with Crippen LogP contribution >= 0.6 is 0 Å². The molecule has 3 rings (SSSR count). The molecule has 2 aromatic carbocycles. The molecule has 0 spiro atoms. The maximum Gasteiger partial charge on any atom is 0.332 e. The third-order valence-corrected chi connectivity index (χ3v) is 5.86. The minimum absolute atomic E-state index is 0.0996. The van der Waals surface area contributed by atoms with E-state index in [1.165, 1.54) is 35.4 Å². The first kappa shape index (κ1) is 24.9. The summed E-state index contributed by atoms with van der Waals surface area (Å²) in [6.07, 6.45) is 2.52. The van der Waals surface area contributed by atoms with Crippen molar-refractivity contribution < 1.29 is 4.92 Å². The number of nitrogens with zero attached hydrogens (tertiary/aromatic N) is 4. The van der Waals surface area contributed by atoms with E-state index in [4.69, 9.17) is 0 Å². The quantitative estimate of drug-likeness (QED) is 0.250. The molecule has 0 radical (unpaired) electrons. The van der Waals surface area contributed by atoms with Gasteiger partial charge in [0.25, 0.3) is 11.2 Å². The highest BCUT2D eigenvalue weighted by molar-refractivity contribution is 5.39. The molecule has 9 nitrogen and oxygen atoms in total. The van der Waals surface area contributed by atoms with E-state index in [0.29, 0.717) is 25.5 Å². The Kier molecular flexibility index (Phi) is 8.75. The van der Waals surface area contributed by atoms with Gasteiger partial charge in [0.05, 0.1) is 4.92 Å². The Balaban J connectivity index is 1.57. The van der Waals surface area contributed by atoms with Crippen molar-refractivity contribution in [2.45, 2.75) is 19.3 Å². The fourth-order valence-electron chi connectivity index (χ4n) is 3.82. The lowest BCUT2D eigenvalue weighted by Crippen LogP contribution is -2.42. The third kappa shape index (κ3) is 6.64. The van der Waals surface area contributed by atoms with Gasteiger partial charge in [-0.2, -0.15) is 0 Å². The summed E-state index contributed by atoms with van der Waals surface area (Å²) in [4.78, 5) is 37.1. The average molecular weight is 466 g/mol. The second-order valence-electron chi connectivity index (χ2n) is 8.24. The molecule has 3 aromatic rings. The molecule has 1 N–H and O–H groups in total. The van der Waals surface area contributed by atoms with Gasteiger partial charge in [-0.3, -0.25) is 24.0 Å². The first-order chi connectivity index (χ1) is 16.4. The van der Waals surface area contributed by atoms with Crippen LogP contribution in [0.1, 0.15) is 17.5 Å². The Morgan fingerprint density at radius 1 is 0.882 bits per heavy atom. The van der Waals surface area contributed by atoms with Gasteiger partial charge in [0.2, 0.25) is 0 Å². The van der Waals surface area contributed by atoms with E-state index < -0.39 is 4.92 Å². The highest BCUT2D eigenvalue weighted by Gasteiger charge is 2.13. The van der Waals surface area contributed by atoms with Crippen LogP contribution in [0.15, 0.2) is 70.3 Å². The molecule has 0 fully saturated rings. The van der Waals surface area contributed by atoms with E-state index in [1.807, 2.05) is 18.2 Å². The van der Waals surface area contributed by atoms with Crippen LogP contribution in [-0.2, 0) is 26.9 Å². The number of hydrogen-bond acceptors (Lipinski definition) is 6. The summed E-state index contributed by atoms with van der Waals surface area (Å²) in [5, 5.41) is 14.2. The van der Waals surface area contributed by atoms with E-state index in [-0.39, 0.29) is 16.9 Å². The summed E-state index contributed by atoms with van der Waals surface area (Å²) in [7, 11) is 3.17. The second kappa shape index (κ2) is 11.9. The van der Waals surface area contributed by atoms with Gasteiger partial charge < -0.3 is 10.2 Å². The summed E-state index contributed by atoms with van der Waals surface area (Å²) in [5.41, 5.74) is 1.69. The molecule has 0 unspecified atom stereocenters. The fourth-order valence-corrected chi connectivity index (χ4v) is 3.82. The molecule has 0 saturated heterocycles. The van der Waals surface area contributed by atoms with Crippen molar-refractivity contribution in [1.82, 2.24) is 14.5 Å². The average Bonchev–Trinajstić information content (AvgIpc) is 2.85. The van der Waals surface area contributed by atoms with Crippen LogP contribution < -0.4 is 21.5 Å². The number of rotatable bonds is 12. The third-order valence-electron chi connectivity index (χ3n) is 5.86. The van der Waals surface area contributed by atoms with Gasteiger partial charge in [0.1, 0.15) is 5.82 Å². The maximum atomic E-state index is 12.4. The van der Waals surface area contributed by atoms with Gasteiger partial charge in [0, 0.05) is 51.9 Å². The fraction of sp³-hybridized carbons (Fsp3) is 0.360. The van der Waals surface area contributed by atoms with Crippen LogP contribution in [0, 0.1) is 10.1 Å². The standard InChI is InChI=1S/C25H31N5O4/c1-27-23(19-24(31)28(2)25(27)32)29(17-14-20-7-4-3-5-8-20)18-16-26-15-6-9-21-10-12-22(13-11-21)30(33)34/h3-5,7-8,10-13,19,26H,6,9,14-18H2,1-2H3. The molecule has 0 aliphatic rings. The van der Waals surface area contributed by atoms with Crippen LogP contribution in [0.25, 0.3) is 0 Å². The molecular weight excluding hydrogens is 434 g/mol. The van der Waals surface area contributed by atoms with Crippen LogP contribution in [0.5, 0.6) is 0 Å². The van der Waals surface area contributed by atoms with Gasteiger partial charge >= 0.3 is 5.69 Å². The molecule has 0 aliphatic carbocycles. The molecule has 1 aromatic heterocycles. The normalized spacial score (nSPS) is 10.9. The number of nitrogens with one attached hydrogen (secondary N) is 1. The number of aromatic nitrogens is 2. The molecule has 0 amide bonds. The largest absolute Gasteiger partial charge is 0.356 e. The number of hydrogen-bond donors (Lipinski definition) is 1. The molecule has 0 saturated carbocycles. The zero-order chi connectivity index (χ0) is 24.5. The number of aryl methyl sites for hydroxylation is 1. The van der Waals surface area contributed by atoms with E-state index >= 15 is 0 Å². The Bertz CT molecular complexity index is 1200. The van der Waals surface area contributed by atoms with E-state index in [1.54, 1.807) is 19.2 Å². The predicted molar refractivity (Wildman–Crippen MR) is 134 cm³/mol. The van der Waals surface area contributed by atoms with Crippen LogP contribution in [-0.4, -0.2) is 40.2 Å². The maximum absolute atomic E-state index is 12.4. The van der Waals surface area contributed by atoms with Crippen molar-refractivity contribution in [2.24, 2.45) is 14.1 Å². The van der Waals surface area contributed by atoms with Gasteiger partial charge in [-0.15, -0.1) is 0 Å². The van der Waals surface area contributed by atoms with E-state index in [0.717, 1.165) is 35.9 Å². The lowest BCUT2D eigenvalue weighted by molar-refractivity contribution is -0.384. The van der Waals surface area contributed by atoms with Crippen LogP contribution in [0.3, 0.4) is 0 Å². The zero-order valence-corrected chi connectivity index (χ0v) is 19.6. The first-order valence-corrected chi connectivity index (χ1v) is 11.4. The Hall–Kier alpha value is -3.72. The number of benzene rings is 2. The highest BCUT2D eigenvalue weighted by atomic mass is 16.6. The number of nitro groups is 1. The van der Waals surface area contributed by atoms with E-state index in [9.17, 15) is 19.7 Å². The highest BCUT2D eigenvalue weighted by Crippen LogP contribution is 2.13. The first-order valence-electron chi connectivity index (χ1n) is 11.4. The SMILES string of the molecule is Cn1c(N(CCNCCCc2ccc([N+](=O)[O-])cc2)CCc2ccccc2)cc(=O)n(C)c1=O. The Labute approximate surface area is 198 Å². The molecule has 180 valence electrons. The Morgan fingerprint density at radius 2 is 1.56 bits per heavy atom. The molecule has 0 aliphatic heterocycles. The van der Waals surface area contributed by atoms with Crippen molar-refractivity contribution in [3.8, 4) is 0 Å². The molecule has 9 heteroatoms. The number of nitro benzene ring substituents is 1. The van der Waals surface area contributed by atoms with E-state index in [2.05, 4.69) is 22.3 Å². The lowest BCUT2D eigenvalue weighted by Gasteiger charge is -2.27. The molecule has 34 heavy (non-hydrogen) atoms. The van der Waals surface area contributed by atoms with Crippen molar-refractivity contribution in [1.29, 1.82) is 0 Å². The van der Waals surface area contributed by atoms with Crippen molar-refractivity contribution in [3.63, 3.8) is 0 Å². The lowest BCUT2D eigenvalue weighted by atomic mass is 10.1. The van der Waals surface area contributed by atoms with Crippen LogP contribution in [0.4, 0.5) is 11.5 Å². The monoisotopic (exact) mass is 465 g/mol. The van der Waals surface area contributed by atoms with Crippen molar-refractivity contribution in [3.05, 3.63) is 103 Å². The summed E-state index contributed by atoms with van der Waals surface area (Å²) >= 11 is 0. The molecule has 1 heterocycles. The van der Waals surface area contributed by atoms with Gasteiger partial charge in [-0.25, -0.2) is 4.79 Å². The summed E-state index contributed by atoms with van der Waals surface area (Å²) < 4.78 is 2.62. The molecular formula is C25H31N5O4. The zero-order valence-electron chi connectivity index (χ0n) is 19.6. The van der Waals surface area contributed by atoms with Gasteiger partial charge in [-0.1, -0.05) is 42.5 Å². The van der Waals surface area contributed by atoms with Crippen molar-refractivity contribution in [2.75, 3.05) is 31.1 Å². The summed E-state index contributed by atoms with van der Waals surface area (Å²) in [6.45, 7) is 2.80. The van der Waals surface area contributed by atoms with Crippen molar-refractivity contribution >= 4 is 11.5 Å². The summed E-state index contributed by atoms with van der Waals surface area (Å²) in [6, 6.07) is 18.3. The van der Waals surface area contributed by atoms with Gasteiger partial charge in [-0.05, 0) is 36.9 Å². The smallest absolute Gasteiger partial charge is 0.332 e. The minimum atomic E-state index is -0.396. The summed E-state index contributed by atoms with van der Waals surface area (Å²) in [5.74, 6) is 0.608. The molecule has 0 bridgehead atoms.